The van der Waals surface area contributed by atoms with Gasteiger partial charge in [0.1, 0.15) is 17.7 Å². The second-order valence-corrected chi connectivity index (χ2v) is 8.65. The van der Waals surface area contributed by atoms with Gasteiger partial charge in [-0.25, -0.2) is 14.4 Å². The number of anilines is 3. The first-order chi connectivity index (χ1) is 17.5. The third kappa shape index (κ3) is 5.16. The highest BCUT2D eigenvalue weighted by Gasteiger charge is 2.22. The molecule has 36 heavy (non-hydrogen) atoms. The van der Waals surface area contributed by atoms with E-state index in [4.69, 9.17) is 4.74 Å². The van der Waals surface area contributed by atoms with Crippen LogP contribution in [0.4, 0.5) is 21.7 Å². The summed E-state index contributed by atoms with van der Waals surface area (Å²) in [5.41, 5.74) is 3.18. The molecule has 1 atom stereocenters. The molecule has 2 aromatic heterocycles. The Kier molecular flexibility index (Phi) is 6.55. The maximum absolute atomic E-state index is 13.8. The van der Waals surface area contributed by atoms with Crippen LogP contribution in [-0.4, -0.2) is 52.0 Å². The first-order valence-corrected chi connectivity index (χ1v) is 11.5. The molecule has 5 rings (SSSR count). The van der Waals surface area contributed by atoms with Crippen molar-refractivity contribution in [3.8, 4) is 16.9 Å². The van der Waals surface area contributed by atoms with Crippen LogP contribution in [0.2, 0.25) is 0 Å². The molecule has 3 heterocycles. The van der Waals surface area contributed by atoms with Crippen LogP contribution in [-0.2, 0) is 4.79 Å². The zero-order valence-electron chi connectivity index (χ0n) is 19.7. The van der Waals surface area contributed by atoms with E-state index in [-0.39, 0.29) is 17.8 Å². The van der Waals surface area contributed by atoms with Crippen molar-refractivity contribution >= 4 is 34.1 Å². The molecular formula is C27H25FN6O2. The van der Waals surface area contributed by atoms with Crippen molar-refractivity contribution < 1.29 is 13.9 Å². The van der Waals surface area contributed by atoms with Gasteiger partial charge in [0.25, 0.3) is 0 Å². The summed E-state index contributed by atoms with van der Waals surface area (Å²) < 4.78 is 20.0. The predicted molar refractivity (Wildman–Crippen MR) is 138 cm³/mol. The number of aromatic nitrogens is 3. The molecule has 1 unspecified atom stereocenters. The minimum atomic E-state index is -0.338. The molecule has 1 amide bonds. The fraction of sp³-hybridized carbons (Fsp3) is 0.185. The monoisotopic (exact) mass is 484 g/mol. The summed E-state index contributed by atoms with van der Waals surface area (Å²) in [5.74, 6) is 0.251. The lowest BCUT2D eigenvalue weighted by atomic mass is 10.1. The Labute approximate surface area is 207 Å². The van der Waals surface area contributed by atoms with Crippen LogP contribution in [0.5, 0.6) is 5.75 Å². The van der Waals surface area contributed by atoms with Gasteiger partial charge in [-0.3, -0.25) is 9.78 Å². The summed E-state index contributed by atoms with van der Waals surface area (Å²) in [6.45, 7) is 5.32. The van der Waals surface area contributed by atoms with Gasteiger partial charge < -0.3 is 20.3 Å². The molecule has 0 radical (unpaired) electrons. The van der Waals surface area contributed by atoms with Crippen molar-refractivity contribution in [3.05, 3.63) is 79.5 Å². The van der Waals surface area contributed by atoms with Crippen LogP contribution in [0, 0.1) is 5.82 Å². The number of pyridine rings is 1. The molecule has 0 spiro atoms. The molecule has 0 aliphatic carbocycles. The maximum atomic E-state index is 13.8. The normalized spacial score (nSPS) is 15.6. The number of fused-ring (bicyclic) bond motifs is 1. The Morgan fingerprint density at radius 2 is 2.11 bits per heavy atom. The van der Waals surface area contributed by atoms with Crippen molar-refractivity contribution in [1.29, 1.82) is 0 Å². The summed E-state index contributed by atoms with van der Waals surface area (Å²) >= 11 is 0. The molecule has 1 fully saturated rings. The number of rotatable bonds is 7. The summed E-state index contributed by atoms with van der Waals surface area (Å²) in [7, 11) is 2.05. The van der Waals surface area contributed by atoms with E-state index in [1.165, 1.54) is 18.2 Å². The van der Waals surface area contributed by atoms with Crippen LogP contribution in [0.15, 0.2) is 73.7 Å². The standard InChI is InChI=1S/C27H25FN6O2/c1-3-25(35)32-23-12-20(7-8-24(23)36-21-9-10-34(2)16-21)31-27-30-14-18-13-29-15-22(26(18)33-27)17-5-4-6-19(28)11-17/h3-8,11-15,21H,1,9-10,16H2,2H3,(H,32,35)(H,30,31,33). The van der Waals surface area contributed by atoms with E-state index in [0.29, 0.717) is 39.7 Å². The zero-order valence-corrected chi connectivity index (χ0v) is 19.7. The molecule has 9 heteroatoms. The number of hydrogen-bond acceptors (Lipinski definition) is 7. The van der Waals surface area contributed by atoms with E-state index in [1.807, 2.05) is 18.2 Å². The fourth-order valence-electron chi connectivity index (χ4n) is 4.17. The maximum Gasteiger partial charge on any atom is 0.247 e. The van der Waals surface area contributed by atoms with E-state index in [2.05, 4.69) is 44.1 Å². The molecule has 1 aliphatic rings. The van der Waals surface area contributed by atoms with Crippen LogP contribution < -0.4 is 15.4 Å². The highest BCUT2D eigenvalue weighted by molar-refractivity contribution is 6.00. The second-order valence-electron chi connectivity index (χ2n) is 8.65. The van der Waals surface area contributed by atoms with E-state index in [0.717, 1.165) is 24.9 Å². The lowest BCUT2D eigenvalue weighted by Gasteiger charge is -2.18. The molecule has 4 aromatic rings. The van der Waals surface area contributed by atoms with E-state index in [9.17, 15) is 9.18 Å². The predicted octanol–water partition coefficient (Wildman–Crippen LogP) is 4.78. The average Bonchev–Trinajstić information content (AvgIpc) is 3.29. The minimum Gasteiger partial charge on any atom is -0.487 e. The van der Waals surface area contributed by atoms with E-state index in [1.54, 1.807) is 30.7 Å². The van der Waals surface area contributed by atoms with Crippen molar-refractivity contribution in [2.24, 2.45) is 0 Å². The van der Waals surface area contributed by atoms with E-state index < -0.39 is 0 Å². The molecule has 182 valence electrons. The highest BCUT2D eigenvalue weighted by atomic mass is 19.1. The number of amides is 1. The van der Waals surface area contributed by atoms with Gasteiger partial charge >= 0.3 is 0 Å². The zero-order chi connectivity index (χ0) is 25.1. The van der Waals surface area contributed by atoms with Gasteiger partial charge in [-0.15, -0.1) is 0 Å². The van der Waals surface area contributed by atoms with Gasteiger partial charge in [0.15, 0.2) is 0 Å². The number of likely N-dealkylation sites (tertiary alicyclic amines) is 1. The Hall–Kier alpha value is -4.37. The van der Waals surface area contributed by atoms with Gasteiger partial charge in [0.05, 0.1) is 11.2 Å². The van der Waals surface area contributed by atoms with E-state index >= 15 is 0 Å². The Balaban J connectivity index is 1.45. The number of halogens is 1. The number of carbonyl (C=O) groups is 1. The number of carbonyl (C=O) groups excluding carboxylic acids is 1. The molecule has 2 N–H and O–H groups in total. The molecular weight excluding hydrogens is 459 g/mol. The van der Waals surface area contributed by atoms with Gasteiger partial charge in [-0.1, -0.05) is 18.7 Å². The third-order valence-corrected chi connectivity index (χ3v) is 5.95. The van der Waals surface area contributed by atoms with Crippen LogP contribution >= 0.6 is 0 Å². The van der Waals surface area contributed by atoms with Gasteiger partial charge in [0.2, 0.25) is 11.9 Å². The SMILES string of the molecule is C=CC(=O)Nc1cc(Nc2ncc3cncc(-c4cccc(F)c4)c3n2)ccc1OC1CCN(C)C1. The molecule has 1 aliphatic heterocycles. The second kappa shape index (κ2) is 10.1. The van der Waals surface area contributed by atoms with Gasteiger partial charge in [-0.05, 0) is 55.4 Å². The molecule has 0 bridgehead atoms. The molecule has 1 saturated heterocycles. The topological polar surface area (TPSA) is 92.3 Å². The molecule has 0 saturated carbocycles. The van der Waals surface area contributed by atoms with Crippen LogP contribution in [0.3, 0.4) is 0 Å². The number of ether oxygens (including phenoxy) is 1. The Morgan fingerprint density at radius 3 is 2.89 bits per heavy atom. The first-order valence-electron chi connectivity index (χ1n) is 11.5. The number of nitrogens with zero attached hydrogens (tertiary/aromatic N) is 4. The number of nitrogens with one attached hydrogen (secondary N) is 2. The summed E-state index contributed by atoms with van der Waals surface area (Å²) in [6.07, 6.45) is 7.16. The quantitative estimate of drug-likeness (QED) is 0.365. The molecule has 8 nitrogen and oxygen atoms in total. The minimum absolute atomic E-state index is 0.0480. The fourth-order valence-corrected chi connectivity index (χ4v) is 4.17. The number of benzene rings is 2. The lowest BCUT2D eigenvalue weighted by molar-refractivity contribution is -0.111. The third-order valence-electron chi connectivity index (χ3n) is 5.95. The summed E-state index contributed by atoms with van der Waals surface area (Å²) in [6, 6.07) is 11.7. The number of hydrogen-bond donors (Lipinski definition) is 2. The summed E-state index contributed by atoms with van der Waals surface area (Å²) in [4.78, 5) is 27.6. The van der Waals surface area contributed by atoms with Crippen molar-refractivity contribution in [3.63, 3.8) is 0 Å². The van der Waals surface area contributed by atoms with Crippen molar-refractivity contribution in [1.82, 2.24) is 19.9 Å². The lowest BCUT2D eigenvalue weighted by Crippen LogP contribution is -2.22. The largest absolute Gasteiger partial charge is 0.487 e. The summed E-state index contributed by atoms with van der Waals surface area (Å²) in [5, 5.41) is 6.73. The van der Waals surface area contributed by atoms with Gasteiger partial charge in [0, 0.05) is 48.3 Å². The Morgan fingerprint density at radius 1 is 1.22 bits per heavy atom. The first kappa shape index (κ1) is 23.4. The van der Waals surface area contributed by atoms with Crippen LogP contribution in [0.1, 0.15) is 6.42 Å². The van der Waals surface area contributed by atoms with Crippen LogP contribution in [0.25, 0.3) is 22.0 Å². The van der Waals surface area contributed by atoms with Crippen molar-refractivity contribution in [2.45, 2.75) is 12.5 Å². The highest BCUT2D eigenvalue weighted by Crippen LogP contribution is 2.32. The van der Waals surface area contributed by atoms with Crippen molar-refractivity contribution in [2.75, 3.05) is 30.8 Å². The number of likely N-dealkylation sites (N-methyl/N-ethyl adjacent to an activating group) is 1. The van der Waals surface area contributed by atoms with Gasteiger partial charge in [-0.2, -0.15) is 0 Å². The Bertz CT molecular complexity index is 1440. The smallest absolute Gasteiger partial charge is 0.247 e. The molecule has 2 aromatic carbocycles. The average molecular weight is 485 g/mol.